The van der Waals surface area contributed by atoms with Crippen LogP contribution in [0.15, 0.2) is 0 Å². The number of ether oxygens (including phenoxy) is 3. The minimum absolute atomic E-state index is 0.0927. The van der Waals surface area contributed by atoms with Crippen LogP contribution in [0.1, 0.15) is 20.3 Å². The Balaban J connectivity index is 2.03. The Morgan fingerprint density at radius 1 is 1.44 bits per heavy atom. The van der Waals surface area contributed by atoms with Crippen molar-refractivity contribution in [3.8, 4) is 6.07 Å². The van der Waals surface area contributed by atoms with Crippen molar-refractivity contribution >= 4 is 0 Å². The highest BCUT2D eigenvalue weighted by molar-refractivity contribution is 4.97. The largest absolute Gasteiger partial charge is 0.389 e. The van der Waals surface area contributed by atoms with Crippen molar-refractivity contribution in [1.82, 2.24) is 0 Å². The molecule has 0 amide bonds. The molecule has 2 aliphatic rings. The molecule has 6 heteroatoms. The van der Waals surface area contributed by atoms with Gasteiger partial charge in [0.15, 0.2) is 12.1 Å². The summed E-state index contributed by atoms with van der Waals surface area (Å²) in [6, 6.07) is 1.82. The zero-order valence-electron chi connectivity index (χ0n) is 9.16. The average Bonchev–Trinajstić information content (AvgIpc) is 2.62. The van der Waals surface area contributed by atoms with Gasteiger partial charge < -0.3 is 24.4 Å². The minimum Gasteiger partial charge on any atom is -0.389 e. The number of hydrogen-bond acceptors (Lipinski definition) is 6. The molecule has 2 heterocycles. The van der Waals surface area contributed by atoms with Crippen molar-refractivity contribution in [1.29, 1.82) is 5.26 Å². The van der Waals surface area contributed by atoms with E-state index in [0.29, 0.717) is 0 Å². The van der Waals surface area contributed by atoms with Crippen molar-refractivity contribution in [2.24, 2.45) is 0 Å². The third-order valence-corrected chi connectivity index (χ3v) is 2.73. The molecule has 16 heavy (non-hydrogen) atoms. The molecule has 0 spiro atoms. The van der Waals surface area contributed by atoms with E-state index in [4.69, 9.17) is 19.5 Å². The third-order valence-electron chi connectivity index (χ3n) is 2.73. The third kappa shape index (κ3) is 1.93. The first kappa shape index (κ1) is 11.8. The zero-order valence-corrected chi connectivity index (χ0v) is 9.16. The average molecular weight is 229 g/mol. The van der Waals surface area contributed by atoms with Crippen LogP contribution in [0.2, 0.25) is 0 Å². The number of nitriles is 1. The fourth-order valence-electron chi connectivity index (χ4n) is 2.04. The van der Waals surface area contributed by atoms with Crippen LogP contribution in [0, 0.1) is 11.3 Å². The van der Waals surface area contributed by atoms with E-state index in [1.165, 1.54) is 0 Å². The number of aliphatic hydroxyl groups excluding tert-OH is 2. The van der Waals surface area contributed by atoms with E-state index >= 15 is 0 Å². The molecule has 0 aromatic rings. The second kappa shape index (κ2) is 3.95. The van der Waals surface area contributed by atoms with Crippen LogP contribution < -0.4 is 0 Å². The van der Waals surface area contributed by atoms with E-state index in [2.05, 4.69) is 0 Å². The Labute approximate surface area is 93.3 Å². The van der Waals surface area contributed by atoms with Crippen LogP contribution in [0.25, 0.3) is 0 Å². The van der Waals surface area contributed by atoms with Crippen molar-refractivity contribution in [3.63, 3.8) is 0 Å². The quantitative estimate of drug-likeness (QED) is 0.663. The highest BCUT2D eigenvalue weighted by Gasteiger charge is 2.55. The van der Waals surface area contributed by atoms with Crippen LogP contribution in [0.4, 0.5) is 0 Å². The molecule has 90 valence electrons. The second-order valence-electron chi connectivity index (χ2n) is 4.49. The molecule has 0 aromatic heterocycles. The van der Waals surface area contributed by atoms with Crippen LogP contribution in [0.5, 0.6) is 0 Å². The van der Waals surface area contributed by atoms with Gasteiger partial charge in [0.05, 0.1) is 18.6 Å². The maximum atomic E-state index is 9.89. The lowest BCUT2D eigenvalue weighted by atomic mass is 10.0. The van der Waals surface area contributed by atoms with E-state index in [0.717, 1.165) is 0 Å². The lowest BCUT2D eigenvalue weighted by molar-refractivity contribution is -0.225. The number of fused-ring (bicyclic) bond motifs is 1. The molecule has 0 aliphatic carbocycles. The van der Waals surface area contributed by atoms with Crippen LogP contribution >= 0.6 is 0 Å². The van der Waals surface area contributed by atoms with Gasteiger partial charge in [-0.3, -0.25) is 0 Å². The summed E-state index contributed by atoms with van der Waals surface area (Å²) in [6.07, 6.45) is -4.21. The molecule has 0 radical (unpaired) electrons. The summed E-state index contributed by atoms with van der Waals surface area (Å²) < 4.78 is 16.2. The predicted octanol–water partition coefficient (Wildman–Crippen LogP) is -0.502. The zero-order chi connectivity index (χ0) is 11.9. The number of rotatable bonds is 2. The molecule has 6 nitrogen and oxygen atoms in total. The van der Waals surface area contributed by atoms with E-state index in [1.54, 1.807) is 13.8 Å². The van der Waals surface area contributed by atoms with Crippen LogP contribution in [-0.2, 0) is 14.2 Å². The summed E-state index contributed by atoms with van der Waals surface area (Å²) in [5.41, 5.74) is 0. The van der Waals surface area contributed by atoms with Gasteiger partial charge in [-0.2, -0.15) is 5.26 Å². The summed E-state index contributed by atoms with van der Waals surface area (Å²) >= 11 is 0. The molecule has 2 saturated heterocycles. The maximum Gasteiger partial charge on any atom is 0.190 e. The number of hydrogen-bond donors (Lipinski definition) is 2. The normalized spacial score (nSPS) is 42.7. The van der Waals surface area contributed by atoms with Crippen molar-refractivity contribution in [2.45, 2.75) is 56.8 Å². The first-order valence-corrected chi connectivity index (χ1v) is 5.19. The molecule has 2 aliphatic heterocycles. The van der Waals surface area contributed by atoms with Crippen molar-refractivity contribution < 1.29 is 24.4 Å². The van der Waals surface area contributed by atoms with E-state index in [9.17, 15) is 10.2 Å². The van der Waals surface area contributed by atoms with Gasteiger partial charge in [0.25, 0.3) is 0 Å². The lowest BCUT2D eigenvalue weighted by Crippen LogP contribution is -2.40. The van der Waals surface area contributed by atoms with Crippen LogP contribution in [0.3, 0.4) is 0 Å². The van der Waals surface area contributed by atoms with Gasteiger partial charge in [0, 0.05) is 0 Å². The van der Waals surface area contributed by atoms with Gasteiger partial charge >= 0.3 is 0 Å². The Hall–Kier alpha value is -0.710. The molecule has 5 atom stereocenters. The molecule has 2 N–H and O–H groups in total. The van der Waals surface area contributed by atoms with Crippen molar-refractivity contribution in [3.05, 3.63) is 0 Å². The summed E-state index contributed by atoms with van der Waals surface area (Å²) in [4.78, 5) is 0. The van der Waals surface area contributed by atoms with Gasteiger partial charge in [-0.05, 0) is 13.8 Å². The SMILES string of the molecule is CC1(C)O[C@H]2O[C@@H]([C@H](O)CC#N)[C@H](O)[C@H]2O1. The first-order valence-electron chi connectivity index (χ1n) is 5.19. The Kier molecular flexibility index (Phi) is 2.90. The van der Waals surface area contributed by atoms with Gasteiger partial charge in [-0.1, -0.05) is 0 Å². The standard InChI is InChI=1S/C10H15NO5/c1-10(2)15-8-6(13)7(5(12)3-4-11)14-9(8)16-10/h5-9,12-13H,3H2,1-2H3/t5-,6+,7+,8-,9-/m1/s1. The van der Waals surface area contributed by atoms with Crippen molar-refractivity contribution in [2.75, 3.05) is 0 Å². The topological polar surface area (TPSA) is 91.9 Å². The molecule has 0 bridgehead atoms. The monoisotopic (exact) mass is 229 g/mol. The minimum atomic E-state index is -1.03. The highest BCUT2D eigenvalue weighted by Crippen LogP contribution is 2.38. The fourth-order valence-corrected chi connectivity index (χ4v) is 2.04. The highest BCUT2D eigenvalue weighted by atomic mass is 16.8. The number of aliphatic hydroxyl groups is 2. The Morgan fingerprint density at radius 2 is 2.12 bits per heavy atom. The lowest BCUT2D eigenvalue weighted by Gasteiger charge is -2.24. The summed E-state index contributed by atoms with van der Waals surface area (Å²) in [7, 11) is 0. The maximum absolute atomic E-state index is 9.89. The Morgan fingerprint density at radius 3 is 2.69 bits per heavy atom. The van der Waals surface area contributed by atoms with E-state index < -0.39 is 36.5 Å². The number of nitrogens with zero attached hydrogens (tertiary/aromatic N) is 1. The molecular formula is C10H15NO5. The predicted molar refractivity (Wildman–Crippen MR) is 50.9 cm³/mol. The first-order chi connectivity index (χ1) is 7.44. The smallest absolute Gasteiger partial charge is 0.190 e. The second-order valence-corrected chi connectivity index (χ2v) is 4.49. The molecule has 2 fully saturated rings. The van der Waals surface area contributed by atoms with Gasteiger partial charge in [0.1, 0.15) is 18.3 Å². The summed E-state index contributed by atoms with van der Waals surface area (Å²) in [5.74, 6) is -0.790. The van der Waals surface area contributed by atoms with Gasteiger partial charge in [0.2, 0.25) is 0 Å². The summed E-state index contributed by atoms with van der Waals surface area (Å²) in [5, 5.41) is 27.9. The van der Waals surface area contributed by atoms with E-state index in [1.807, 2.05) is 6.07 Å². The molecule has 0 unspecified atom stereocenters. The van der Waals surface area contributed by atoms with Gasteiger partial charge in [-0.15, -0.1) is 0 Å². The molecule has 0 saturated carbocycles. The Bertz CT molecular complexity index is 313. The molecular weight excluding hydrogens is 214 g/mol. The fraction of sp³-hybridized carbons (Fsp3) is 0.900. The summed E-state index contributed by atoms with van der Waals surface area (Å²) in [6.45, 7) is 3.45. The van der Waals surface area contributed by atoms with Gasteiger partial charge in [-0.25, -0.2) is 0 Å². The molecule has 2 rings (SSSR count). The van der Waals surface area contributed by atoms with Crippen LogP contribution in [-0.4, -0.2) is 46.7 Å². The van der Waals surface area contributed by atoms with E-state index in [-0.39, 0.29) is 6.42 Å². The molecule has 0 aromatic carbocycles.